The zero-order valence-corrected chi connectivity index (χ0v) is 19.0. The number of aromatic amines is 1. The van der Waals surface area contributed by atoms with Gasteiger partial charge in [-0.25, -0.2) is 14.5 Å². The van der Waals surface area contributed by atoms with Gasteiger partial charge in [0.15, 0.2) is 5.75 Å². The van der Waals surface area contributed by atoms with E-state index in [1.165, 1.54) is 34.4 Å². The summed E-state index contributed by atoms with van der Waals surface area (Å²) in [5, 5.41) is 13.5. The van der Waals surface area contributed by atoms with E-state index < -0.39 is 6.16 Å². The van der Waals surface area contributed by atoms with Crippen molar-refractivity contribution < 1.29 is 14.6 Å². The summed E-state index contributed by atoms with van der Waals surface area (Å²) in [6.07, 6.45) is 1.04. The number of fused-ring (bicyclic) bond motifs is 1. The molecule has 2 aromatic carbocycles. The van der Waals surface area contributed by atoms with Gasteiger partial charge in [-0.15, -0.1) is 0 Å². The van der Waals surface area contributed by atoms with E-state index in [1.54, 1.807) is 12.1 Å². The number of H-pyrrole nitrogens is 1. The molecule has 0 radical (unpaired) electrons. The molecule has 2 aromatic heterocycles. The molecule has 0 spiro atoms. The fourth-order valence-corrected chi connectivity index (χ4v) is 4.17. The molecule has 2 heterocycles. The van der Waals surface area contributed by atoms with Gasteiger partial charge in [-0.3, -0.25) is 9.78 Å². The lowest BCUT2D eigenvalue weighted by molar-refractivity contribution is 0.144. The molecule has 32 heavy (non-hydrogen) atoms. The maximum absolute atomic E-state index is 12.7. The maximum Gasteiger partial charge on any atom is 0.511 e. The van der Waals surface area contributed by atoms with Gasteiger partial charge in [-0.05, 0) is 35.2 Å². The Morgan fingerprint density at radius 3 is 2.59 bits per heavy atom. The monoisotopic (exact) mass is 470 g/mol. The normalized spacial score (nSPS) is 11.6. The average Bonchev–Trinajstić information content (AvgIpc) is 3.16. The van der Waals surface area contributed by atoms with E-state index in [0.29, 0.717) is 15.9 Å². The lowest BCUT2D eigenvalue weighted by atomic mass is 9.87. The van der Waals surface area contributed by atoms with E-state index >= 15 is 0 Å². The minimum Gasteiger partial charge on any atom is -0.449 e. The smallest absolute Gasteiger partial charge is 0.449 e. The molecule has 0 fully saturated rings. The van der Waals surface area contributed by atoms with Gasteiger partial charge in [0.1, 0.15) is 0 Å². The van der Waals surface area contributed by atoms with Gasteiger partial charge in [0.05, 0.1) is 28.3 Å². The number of hydrogen-bond acceptors (Lipinski definition) is 6. The number of halogens is 1. The summed E-state index contributed by atoms with van der Waals surface area (Å²) in [5.74, 6) is 0.111. The first kappa shape index (κ1) is 21.9. The fourth-order valence-electron chi connectivity index (χ4n) is 3.04. The number of carboxylic acid groups (broad SMARTS) is 1. The van der Waals surface area contributed by atoms with Gasteiger partial charge in [0.2, 0.25) is 5.95 Å². The van der Waals surface area contributed by atoms with Crippen molar-refractivity contribution in [2.75, 3.05) is 0 Å². The number of ether oxygens (including phenoxy) is 1. The number of rotatable bonds is 4. The van der Waals surface area contributed by atoms with E-state index in [1.807, 2.05) is 12.1 Å². The van der Waals surface area contributed by atoms with E-state index in [-0.39, 0.29) is 22.7 Å². The van der Waals surface area contributed by atoms with Crippen LogP contribution in [-0.4, -0.2) is 31.0 Å². The predicted molar refractivity (Wildman–Crippen MR) is 122 cm³/mol. The van der Waals surface area contributed by atoms with Gasteiger partial charge in [-0.1, -0.05) is 56.3 Å². The SMILES string of the molecule is CC(C)(C)c1ccc(Sc2cc3c(=O)[nH]c(-n4cc(OC(=O)O)cn4)nc3cc2Cl)cc1. The molecule has 0 unspecified atom stereocenters. The zero-order chi connectivity index (χ0) is 23.0. The van der Waals surface area contributed by atoms with Crippen LogP contribution in [0.3, 0.4) is 0 Å². The number of nitrogens with one attached hydrogen (secondary N) is 1. The van der Waals surface area contributed by atoms with Crippen LogP contribution < -0.4 is 10.3 Å². The number of carbonyl (C=O) groups is 1. The summed E-state index contributed by atoms with van der Waals surface area (Å²) in [7, 11) is 0. The molecule has 0 saturated carbocycles. The van der Waals surface area contributed by atoms with Gasteiger partial charge in [-0.2, -0.15) is 5.10 Å². The molecule has 164 valence electrons. The number of aromatic nitrogens is 4. The highest BCUT2D eigenvalue weighted by molar-refractivity contribution is 7.99. The van der Waals surface area contributed by atoms with E-state index in [0.717, 1.165) is 9.79 Å². The minimum absolute atomic E-state index is 0.00232. The predicted octanol–water partition coefficient (Wildman–Crippen LogP) is 5.27. The average molecular weight is 471 g/mol. The Kier molecular flexibility index (Phi) is 5.70. The third kappa shape index (κ3) is 4.63. The van der Waals surface area contributed by atoms with Crippen molar-refractivity contribution in [2.45, 2.75) is 36.0 Å². The van der Waals surface area contributed by atoms with E-state index in [4.69, 9.17) is 16.7 Å². The molecule has 2 N–H and O–H groups in total. The highest BCUT2D eigenvalue weighted by Gasteiger charge is 2.15. The second kappa shape index (κ2) is 8.33. The zero-order valence-electron chi connectivity index (χ0n) is 17.4. The lowest BCUT2D eigenvalue weighted by Gasteiger charge is -2.19. The Hall–Kier alpha value is -3.30. The van der Waals surface area contributed by atoms with Crippen LogP contribution in [0.25, 0.3) is 16.9 Å². The van der Waals surface area contributed by atoms with Crippen LogP contribution in [0.15, 0.2) is 63.4 Å². The largest absolute Gasteiger partial charge is 0.511 e. The molecule has 10 heteroatoms. The molecule has 8 nitrogen and oxygen atoms in total. The summed E-state index contributed by atoms with van der Waals surface area (Å²) in [6.45, 7) is 6.48. The molecule has 0 bridgehead atoms. The lowest BCUT2D eigenvalue weighted by Crippen LogP contribution is -2.14. The summed E-state index contributed by atoms with van der Waals surface area (Å²) in [6, 6.07) is 11.6. The van der Waals surface area contributed by atoms with Gasteiger partial charge < -0.3 is 9.84 Å². The standard InChI is InChI=1S/C22H19ClN4O4S/c1-22(2,3)12-4-6-14(7-5-12)32-18-8-15-17(9-16(18)23)25-20(26-19(15)28)27-11-13(10-24-27)31-21(29)30/h4-11H,1-3H3,(H,29,30)(H,25,26,28). The number of hydrogen-bond donors (Lipinski definition) is 2. The van der Waals surface area contributed by atoms with Crippen LogP contribution in [0.2, 0.25) is 5.02 Å². The van der Waals surface area contributed by atoms with Gasteiger partial charge >= 0.3 is 6.16 Å². The quantitative estimate of drug-likeness (QED) is 0.391. The fraction of sp³-hybridized carbons (Fsp3) is 0.182. The molecule has 0 aliphatic carbocycles. The van der Waals surface area contributed by atoms with Gasteiger partial charge in [0.25, 0.3) is 5.56 Å². The minimum atomic E-state index is -1.46. The third-order valence-corrected chi connectivity index (χ3v) is 6.17. The Balaban J connectivity index is 1.66. The third-order valence-electron chi connectivity index (χ3n) is 4.68. The van der Waals surface area contributed by atoms with Crippen LogP contribution in [-0.2, 0) is 5.41 Å². The van der Waals surface area contributed by atoms with Crippen LogP contribution in [0.5, 0.6) is 5.75 Å². The Morgan fingerprint density at radius 2 is 1.94 bits per heavy atom. The summed E-state index contributed by atoms with van der Waals surface area (Å²) < 4.78 is 5.76. The molecule has 0 aliphatic rings. The summed E-state index contributed by atoms with van der Waals surface area (Å²) >= 11 is 7.95. The molecule has 0 atom stereocenters. The first-order chi connectivity index (χ1) is 15.1. The molecule has 0 amide bonds. The Morgan fingerprint density at radius 1 is 1.22 bits per heavy atom. The van der Waals surface area contributed by atoms with Crippen molar-refractivity contribution in [1.29, 1.82) is 0 Å². The molecular weight excluding hydrogens is 452 g/mol. The Bertz CT molecular complexity index is 1370. The topological polar surface area (TPSA) is 110 Å². The number of benzene rings is 2. The molecule has 0 aliphatic heterocycles. The van der Waals surface area contributed by atoms with Crippen molar-refractivity contribution in [3.05, 3.63) is 69.7 Å². The van der Waals surface area contributed by atoms with Crippen LogP contribution in [0.4, 0.5) is 4.79 Å². The maximum atomic E-state index is 12.7. The van der Waals surface area contributed by atoms with Crippen molar-refractivity contribution in [3.63, 3.8) is 0 Å². The highest BCUT2D eigenvalue weighted by atomic mass is 35.5. The second-order valence-corrected chi connectivity index (χ2v) is 9.58. The molecule has 0 saturated heterocycles. The first-order valence-electron chi connectivity index (χ1n) is 9.58. The number of nitrogens with zero attached hydrogens (tertiary/aromatic N) is 3. The van der Waals surface area contributed by atoms with E-state index in [2.05, 4.69) is 52.7 Å². The van der Waals surface area contributed by atoms with Gasteiger partial charge in [0, 0.05) is 9.79 Å². The second-order valence-electron chi connectivity index (χ2n) is 8.05. The first-order valence-corrected chi connectivity index (χ1v) is 10.8. The molecular formula is C22H19ClN4O4S. The van der Waals surface area contributed by atoms with Crippen molar-refractivity contribution in [3.8, 4) is 11.7 Å². The molecule has 4 rings (SSSR count). The van der Waals surface area contributed by atoms with Crippen LogP contribution >= 0.6 is 23.4 Å². The van der Waals surface area contributed by atoms with Crippen molar-refractivity contribution in [1.82, 2.24) is 19.7 Å². The summed E-state index contributed by atoms with van der Waals surface area (Å²) in [4.78, 5) is 32.1. The van der Waals surface area contributed by atoms with Crippen LogP contribution in [0.1, 0.15) is 26.3 Å². The van der Waals surface area contributed by atoms with Crippen molar-refractivity contribution >= 4 is 40.4 Å². The Labute approximate surface area is 192 Å². The summed E-state index contributed by atoms with van der Waals surface area (Å²) in [5.41, 5.74) is 1.31. The van der Waals surface area contributed by atoms with Crippen molar-refractivity contribution in [2.24, 2.45) is 0 Å². The van der Waals surface area contributed by atoms with Crippen LogP contribution in [0, 0.1) is 0 Å². The highest BCUT2D eigenvalue weighted by Crippen LogP contribution is 2.36. The van der Waals surface area contributed by atoms with E-state index in [9.17, 15) is 9.59 Å². The molecule has 4 aromatic rings.